The fraction of sp³-hybridized carbons (Fsp3) is 0.692. The highest BCUT2D eigenvalue weighted by atomic mass is 16.5. The van der Waals surface area contributed by atoms with Gasteiger partial charge in [-0.15, -0.1) is 0 Å². The maximum atomic E-state index is 5.76. The minimum atomic E-state index is -0.277. The number of hydrogen-bond acceptors (Lipinski definition) is 4. The van der Waals surface area contributed by atoms with Crippen molar-refractivity contribution in [3.8, 4) is 0 Å². The third-order valence-electron chi connectivity index (χ3n) is 3.14. The van der Waals surface area contributed by atoms with Gasteiger partial charge in [-0.3, -0.25) is 0 Å². The molecule has 1 aromatic heterocycles. The van der Waals surface area contributed by atoms with E-state index in [4.69, 9.17) is 4.74 Å². The largest absolute Gasteiger partial charge is 0.367 e. The summed E-state index contributed by atoms with van der Waals surface area (Å²) >= 11 is 0. The summed E-state index contributed by atoms with van der Waals surface area (Å²) in [7, 11) is 0. The van der Waals surface area contributed by atoms with Gasteiger partial charge in [0.15, 0.2) is 5.82 Å². The van der Waals surface area contributed by atoms with Crippen molar-refractivity contribution in [3.05, 3.63) is 23.8 Å². The van der Waals surface area contributed by atoms with Crippen LogP contribution in [0, 0.1) is 0 Å². The van der Waals surface area contributed by atoms with Crippen LogP contribution in [-0.2, 0) is 16.9 Å². The molecule has 2 heterocycles. The Morgan fingerprint density at radius 1 is 1.53 bits per heavy atom. The fourth-order valence-corrected chi connectivity index (χ4v) is 2.10. The fourth-order valence-electron chi connectivity index (χ4n) is 2.10. The molecule has 2 rings (SSSR count). The van der Waals surface area contributed by atoms with Gasteiger partial charge in [0.1, 0.15) is 5.60 Å². The molecule has 4 nitrogen and oxygen atoms in total. The van der Waals surface area contributed by atoms with Gasteiger partial charge in [0.25, 0.3) is 0 Å². The van der Waals surface area contributed by atoms with Crippen LogP contribution < -0.4 is 5.32 Å². The standard InChI is InChI=1S/C13H21N3O/c1-3-7-14-10-11-5-8-15-12(16-11)13(2)6-4-9-17-13/h5,8,14H,3-4,6-7,9-10H2,1-2H3. The highest BCUT2D eigenvalue weighted by Gasteiger charge is 2.34. The van der Waals surface area contributed by atoms with E-state index in [0.29, 0.717) is 0 Å². The first-order chi connectivity index (χ1) is 8.24. The van der Waals surface area contributed by atoms with Gasteiger partial charge in [-0.05, 0) is 38.8 Å². The summed E-state index contributed by atoms with van der Waals surface area (Å²) in [5, 5.41) is 3.35. The number of rotatable bonds is 5. The van der Waals surface area contributed by atoms with Gasteiger partial charge < -0.3 is 10.1 Å². The SMILES string of the molecule is CCCNCc1ccnc(C2(C)CCCO2)n1. The van der Waals surface area contributed by atoms with Crippen LogP contribution in [0.5, 0.6) is 0 Å². The monoisotopic (exact) mass is 235 g/mol. The molecule has 1 atom stereocenters. The third-order valence-corrected chi connectivity index (χ3v) is 3.14. The molecule has 0 saturated carbocycles. The Hall–Kier alpha value is -1.00. The van der Waals surface area contributed by atoms with Crippen LogP contribution in [0.2, 0.25) is 0 Å². The average Bonchev–Trinajstić information content (AvgIpc) is 2.78. The van der Waals surface area contributed by atoms with E-state index in [9.17, 15) is 0 Å². The van der Waals surface area contributed by atoms with Crippen molar-refractivity contribution < 1.29 is 4.74 Å². The van der Waals surface area contributed by atoms with Crippen molar-refractivity contribution >= 4 is 0 Å². The first-order valence-electron chi connectivity index (χ1n) is 6.42. The maximum Gasteiger partial charge on any atom is 0.160 e. The van der Waals surface area contributed by atoms with E-state index in [1.807, 2.05) is 12.3 Å². The molecule has 1 aromatic rings. The van der Waals surface area contributed by atoms with Crippen molar-refractivity contribution in [2.75, 3.05) is 13.2 Å². The molecule has 1 aliphatic heterocycles. The number of ether oxygens (including phenoxy) is 1. The Balaban J connectivity index is 2.05. The summed E-state index contributed by atoms with van der Waals surface area (Å²) in [6.45, 7) is 6.88. The lowest BCUT2D eigenvalue weighted by Crippen LogP contribution is -2.24. The van der Waals surface area contributed by atoms with Gasteiger partial charge in [-0.2, -0.15) is 0 Å². The molecule has 0 bridgehead atoms. The molecule has 0 spiro atoms. The van der Waals surface area contributed by atoms with Crippen molar-refractivity contribution in [3.63, 3.8) is 0 Å². The molecule has 17 heavy (non-hydrogen) atoms. The molecule has 1 unspecified atom stereocenters. The molecule has 0 aliphatic carbocycles. The molecule has 1 N–H and O–H groups in total. The van der Waals surface area contributed by atoms with Crippen LogP contribution >= 0.6 is 0 Å². The van der Waals surface area contributed by atoms with Crippen LogP contribution in [0.3, 0.4) is 0 Å². The summed E-state index contributed by atoms with van der Waals surface area (Å²) in [6.07, 6.45) is 5.08. The van der Waals surface area contributed by atoms with Crippen molar-refractivity contribution in [1.82, 2.24) is 15.3 Å². The maximum absolute atomic E-state index is 5.76. The van der Waals surface area contributed by atoms with E-state index in [1.54, 1.807) is 0 Å². The number of hydrogen-bond donors (Lipinski definition) is 1. The normalized spacial score (nSPS) is 24.1. The first-order valence-corrected chi connectivity index (χ1v) is 6.42. The third kappa shape index (κ3) is 3.01. The predicted molar refractivity (Wildman–Crippen MR) is 66.6 cm³/mol. The summed E-state index contributed by atoms with van der Waals surface area (Å²) < 4.78 is 5.76. The van der Waals surface area contributed by atoms with Crippen molar-refractivity contribution in [2.24, 2.45) is 0 Å². The van der Waals surface area contributed by atoms with Crippen LogP contribution in [-0.4, -0.2) is 23.1 Å². The lowest BCUT2D eigenvalue weighted by atomic mass is 10.0. The van der Waals surface area contributed by atoms with E-state index >= 15 is 0 Å². The van der Waals surface area contributed by atoms with Gasteiger partial charge in [-0.25, -0.2) is 9.97 Å². The van der Waals surface area contributed by atoms with Crippen LogP contribution in [0.15, 0.2) is 12.3 Å². The van der Waals surface area contributed by atoms with Gasteiger partial charge in [0.05, 0.1) is 5.69 Å². The smallest absolute Gasteiger partial charge is 0.160 e. The molecule has 4 heteroatoms. The number of nitrogens with one attached hydrogen (secondary N) is 1. The second kappa shape index (κ2) is 5.56. The first kappa shape index (κ1) is 12.5. The van der Waals surface area contributed by atoms with E-state index < -0.39 is 0 Å². The van der Waals surface area contributed by atoms with E-state index in [0.717, 1.165) is 50.5 Å². The summed E-state index contributed by atoms with van der Waals surface area (Å²) in [5.74, 6) is 0.825. The van der Waals surface area contributed by atoms with Gasteiger partial charge in [-0.1, -0.05) is 6.92 Å². The molecule has 0 amide bonds. The predicted octanol–water partition coefficient (Wildman–Crippen LogP) is 2.00. The zero-order valence-electron chi connectivity index (χ0n) is 10.7. The molecular weight excluding hydrogens is 214 g/mol. The Bertz CT molecular complexity index is 361. The van der Waals surface area contributed by atoms with Crippen LogP contribution in [0.25, 0.3) is 0 Å². The lowest BCUT2D eigenvalue weighted by molar-refractivity contribution is 0.00913. The van der Waals surface area contributed by atoms with Crippen LogP contribution in [0.4, 0.5) is 0 Å². The van der Waals surface area contributed by atoms with Crippen LogP contribution in [0.1, 0.15) is 44.6 Å². The number of nitrogens with zero attached hydrogens (tertiary/aromatic N) is 2. The van der Waals surface area contributed by atoms with Crippen molar-refractivity contribution in [2.45, 2.75) is 45.3 Å². The molecular formula is C13H21N3O. The molecule has 0 aromatic carbocycles. The molecule has 1 aliphatic rings. The lowest BCUT2D eigenvalue weighted by Gasteiger charge is -2.21. The Morgan fingerprint density at radius 3 is 3.12 bits per heavy atom. The molecule has 94 valence electrons. The Labute approximate surface area is 103 Å². The molecule has 1 saturated heterocycles. The minimum absolute atomic E-state index is 0.277. The number of aromatic nitrogens is 2. The van der Waals surface area contributed by atoms with E-state index in [1.165, 1.54) is 0 Å². The van der Waals surface area contributed by atoms with Gasteiger partial charge >= 0.3 is 0 Å². The molecule has 1 fully saturated rings. The Morgan fingerprint density at radius 2 is 2.41 bits per heavy atom. The van der Waals surface area contributed by atoms with E-state index in [2.05, 4.69) is 29.1 Å². The summed E-state index contributed by atoms with van der Waals surface area (Å²) in [4.78, 5) is 8.96. The second-order valence-corrected chi connectivity index (χ2v) is 4.73. The summed E-state index contributed by atoms with van der Waals surface area (Å²) in [5.41, 5.74) is 0.765. The van der Waals surface area contributed by atoms with Gasteiger partial charge in [0, 0.05) is 19.3 Å². The zero-order valence-corrected chi connectivity index (χ0v) is 10.7. The van der Waals surface area contributed by atoms with Gasteiger partial charge in [0.2, 0.25) is 0 Å². The average molecular weight is 235 g/mol. The molecule has 0 radical (unpaired) electrons. The second-order valence-electron chi connectivity index (χ2n) is 4.73. The summed E-state index contributed by atoms with van der Waals surface area (Å²) in [6, 6.07) is 1.96. The highest BCUT2D eigenvalue weighted by molar-refractivity contribution is 5.08. The highest BCUT2D eigenvalue weighted by Crippen LogP contribution is 2.33. The minimum Gasteiger partial charge on any atom is -0.367 e. The van der Waals surface area contributed by atoms with E-state index in [-0.39, 0.29) is 5.60 Å². The Kier molecular flexibility index (Phi) is 4.07. The zero-order chi connectivity index (χ0) is 12.1. The topological polar surface area (TPSA) is 47.0 Å². The van der Waals surface area contributed by atoms with Crippen molar-refractivity contribution in [1.29, 1.82) is 0 Å². The quantitative estimate of drug-likeness (QED) is 0.793.